The fourth-order valence-electron chi connectivity index (χ4n) is 8.04. The van der Waals surface area contributed by atoms with E-state index in [-0.39, 0.29) is 42.5 Å². The fraction of sp³-hybridized carbons (Fsp3) is 0.857. The number of carbonyl (C=O) groups is 2. The molecule has 2 saturated heterocycles. The molecule has 300 valence electrons. The molecule has 0 amide bonds. The second kappa shape index (κ2) is 20.3. The number of aliphatic hydroxyl groups is 5. The predicted molar refractivity (Wildman–Crippen MR) is 201 cm³/mol. The van der Waals surface area contributed by atoms with Gasteiger partial charge in [-0.2, -0.15) is 0 Å². The minimum atomic E-state index is -1.40. The topological polar surface area (TPSA) is 163 Å². The molecule has 1 spiro atoms. The molecule has 0 aromatic heterocycles. The van der Waals surface area contributed by atoms with Crippen LogP contribution in [0.4, 0.5) is 0 Å². The van der Waals surface area contributed by atoms with Crippen molar-refractivity contribution in [1.29, 1.82) is 0 Å². The molecule has 10 heteroatoms. The largest absolute Gasteiger partial charge is 0.459 e. The molecule has 3 rings (SSSR count). The highest BCUT2D eigenvalue weighted by atomic mass is 16.7. The first-order chi connectivity index (χ1) is 24.4. The van der Waals surface area contributed by atoms with Crippen LogP contribution >= 0.6 is 0 Å². The highest BCUT2D eigenvalue weighted by Crippen LogP contribution is 2.45. The standard InChI is InChI=1S/C42H72O10/c1-9-32(43)22-35-27(4)18-20-42(51-35)25-37-30(7)36(52-42)23-34(45)31(21-26(2)3)15-13-11-10-12-14-19-41(8,49)38(46)24-33(44)29(6)40(48)28(5)16-17-39(47)50-37/h13,15-17,26-33,35-38,40,43-44,46,48-49H,9-12,14,18-25H2,1-8H3. The summed E-state index contributed by atoms with van der Waals surface area (Å²) in [5.41, 5.74) is -1.40. The number of rotatable bonds is 5. The van der Waals surface area contributed by atoms with Crippen molar-refractivity contribution in [3.8, 4) is 0 Å². The molecule has 5 N–H and O–H groups in total. The van der Waals surface area contributed by atoms with Gasteiger partial charge in [-0.25, -0.2) is 4.79 Å². The summed E-state index contributed by atoms with van der Waals surface area (Å²) in [5, 5.41) is 54.3. The normalized spacial score (nSPS) is 41.8. The molecule has 14 atom stereocenters. The zero-order valence-electron chi connectivity index (χ0n) is 33.3. The van der Waals surface area contributed by atoms with Gasteiger partial charge in [0.15, 0.2) is 5.79 Å². The number of allylic oxidation sites excluding steroid dienone is 2. The number of hydrogen-bond acceptors (Lipinski definition) is 10. The van der Waals surface area contributed by atoms with Crippen molar-refractivity contribution >= 4 is 11.8 Å². The Kier molecular flexibility index (Phi) is 17.5. The Morgan fingerprint density at radius 3 is 2.31 bits per heavy atom. The van der Waals surface area contributed by atoms with E-state index in [1.165, 1.54) is 6.08 Å². The highest BCUT2D eigenvalue weighted by Gasteiger charge is 2.52. The van der Waals surface area contributed by atoms with Crippen LogP contribution in [-0.4, -0.2) is 91.4 Å². The number of carbonyl (C=O) groups excluding carboxylic acids is 2. The van der Waals surface area contributed by atoms with E-state index in [9.17, 15) is 35.1 Å². The zero-order valence-corrected chi connectivity index (χ0v) is 33.3. The maximum Gasteiger partial charge on any atom is 0.330 e. The average Bonchev–Trinajstić information content (AvgIpc) is 3.08. The Bertz CT molecular complexity index is 1170. The summed E-state index contributed by atoms with van der Waals surface area (Å²) in [7, 11) is 0. The molecule has 0 aromatic rings. The van der Waals surface area contributed by atoms with Crippen molar-refractivity contribution in [2.75, 3.05) is 0 Å². The van der Waals surface area contributed by atoms with Gasteiger partial charge in [0, 0.05) is 55.4 Å². The van der Waals surface area contributed by atoms with Crippen LogP contribution in [0, 0.1) is 35.5 Å². The summed E-state index contributed by atoms with van der Waals surface area (Å²) >= 11 is 0. The van der Waals surface area contributed by atoms with Crippen LogP contribution in [-0.2, 0) is 23.8 Å². The van der Waals surface area contributed by atoms with E-state index in [0.29, 0.717) is 50.9 Å². The lowest BCUT2D eigenvalue weighted by Gasteiger charge is -2.51. The monoisotopic (exact) mass is 737 g/mol. The lowest BCUT2D eigenvalue weighted by Crippen LogP contribution is -2.57. The van der Waals surface area contributed by atoms with Gasteiger partial charge in [0.05, 0.1) is 42.2 Å². The molecule has 3 aliphatic rings. The van der Waals surface area contributed by atoms with Crippen LogP contribution in [0.25, 0.3) is 0 Å². The van der Waals surface area contributed by atoms with Gasteiger partial charge in [0.2, 0.25) is 0 Å². The van der Waals surface area contributed by atoms with Crippen molar-refractivity contribution in [3.05, 3.63) is 24.3 Å². The molecule has 3 heterocycles. The maximum absolute atomic E-state index is 14.0. The zero-order chi connectivity index (χ0) is 38.8. The fourth-order valence-corrected chi connectivity index (χ4v) is 8.04. The van der Waals surface area contributed by atoms with E-state index in [1.807, 2.05) is 19.9 Å². The van der Waals surface area contributed by atoms with Crippen molar-refractivity contribution in [2.45, 2.75) is 193 Å². The first-order valence-electron chi connectivity index (χ1n) is 20.3. The summed E-state index contributed by atoms with van der Waals surface area (Å²) in [5.74, 6) is -2.83. The average molecular weight is 737 g/mol. The van der Waals surface area contributed by atoms with Gasteiger partial charge in [-0.15, -0.1) is 0 Å². The van der Waals surface area contributed by atoms with E-state index >= 15 is 0 Å². The Morgan fingerprint density at radius 2 is 1.63 bits per heavy atom. The molecule has 0 radical (unpaired) electrons. The van der Waals surface area contributed by atoms with Crippen molar-refractivity contribution in [1.82, 2.24) is 0 Å². The van der Waals surface area contributed by atoms with Crippen molar-refractivity contribution in [3.63, 3.8) is 0 Å². The molecule has 0 aromatic carbocycles. The minimum absolute atomic E-state index is 0.0737. The van der Waals surface area contributed by atoms with E-state index in [1.54, 1.807) is 26.8 Å². The summed E-state index contributed by atoms with van der Waals surface area (Å²) < 4.78 is 19.6. The van der Waals surface area contributed by atoms with Gasteiger partial charge in [0.25, 0.3) is 0 Å². The molecule has 0 aliphatic carbocycles. The number of aliphatic hydroxyl groups excluding tert-OH is 4. The Morgan fingerprint density at radius 1 is 0.923 bits per heavy atom. The number of ether oxygens (including phenoxy) is 3. The number of hydrogen-bond donors (Lipinski definition) is 5. The Hall–Kier alpha value is -1.66. The van der Waals surface area contributed by atoms with Crippen molar-refractivity contribution in [2.24, 2.45) is 35.5 Å². The van der Waals surface area contributed by atoms with Gasteiger partial charge < -0.3 is 39.7 Å². The Labute approximate surface area is 313 Å². The number of ketones is 1. The summed E-state index contributed by atoms with van der Waals surface area (Å²) in [4.78, 5) is 27.4. The van der Waals surface area contributed by atoms with Gasteiger partial charge in [-0.3, -0.25) is 4.79 Å². The Balaban J connectivity index is 1.93. The smallest absolute Gasteiger partial charge is 0.330 e. The minimum Gasteiger partial charge on any atom is -0.459 e. The summed E-state index contributed by atoms with van der Waals surface area (Å²) in [6.45, 7) is 15.2. The van der Waals surface area contributed by atoms with Crippen LogP contribution in [0.5, 0.6) is 0 Å². The third-order valence-corrected chi connectivity index (χ3v) is 12.1. The molecule has 10 nitrogen and oxygen atoms in total. The maximum atomic E-state index is 14.0. The third kappa shape index (κ3) is 13.0. The molecule has 14 unspecified atom stereocenters. The van der Waals surface area contributed by atoms with Crippen LogP contribution in [0.1, 0.15) is 139 Å². The van der Waals surface area contributed by atoms with Gasteiger partial charge in [-0.05, 0) is 63.7 Å². The first-order valence-corrected chi connectivity index (χ1v) is 20.3. The molecule has 2 bridgehead atoms. The third-order valence-electron chi connectivity index (χ3n) is 12.1. The molecular formula is C42H72O10. The van der Waals surface area contributed by atoms with Gasteiger partial charge in [-0.1, -0.05) is 79.5 Å². The van der Waals surface area contributed by atoms with E-state index in [0.717, 1.165) is 25.7 Å². The molecular weight excluding hydrogens is 664 g/mol. The molecule has 52 heavy (non-hydrogen) atoms. The summed E-state index contributed by atoms with van der Waals surface area (Å²) in [6, 6.07) is 0. The quantitative estimate of drug-likeness (QED) is 0.163. The van der Waals surface area contributed by atoms with Gasteiger partial charge >= 0.3 is 5.97 Å². The van der Waals surface area contributed by atoms with E-state index in [2.05, 4.69) is 26.8 Å². The van der Waals surface area contributed by atoms with Crippen LogP contribution < -0.4 is 0 Å². The highest BCUT2D eigenvalue weighted by molar-refractivity contribution is 5.83. The van der Waals surface area contributed by atoms with Crippen LogP contribution in [0.2, 0.25) is 0 Å². The SMILES string of the molecule is CCC(O)CC1OC2(CCC1C)CC1OC(=O)C=CC(C)C(O)C(C)C(O)CC(O)C(C)(O)CCCCCC=CC(CC(C)C)C(=O)CC(O2)C1C. The van der Waals surface area contributed by atoms with Crippen LogP contribution in [0.15, 0.2) is 24.3 Å². The second-order valence-corrected chi connectivity index (χ2v) is 17.3. The predicted octanol–water partition coefficient (Wildman–Crippen LogP) is 6.19. The second-order valence-electron chi connectivity index (χ2n) is 17.3. The molecule has 0 saturated carbocycles. The number of fused-ring (bicyclic) bond motifs is 2. The van der Waals surface area contributed by atoms with Gasteiger partial charge in [0.1, 0.15) is 11.9 Å². The lowest BCUT2D eigenvalue weighted by molar-refractivity contribution is -0.346. The van der Waals surface area contributed by atoms with E-state index in [4.69, 9.17) is 14.2 Å². The summed E-state index contributed by atoms with van der Waals surface area (Å²) in [6.07, 6.45) is 8.83. The molecule has 2 fully saturated rings. The number of esters is 1. The lowest BCUT2D eigenvalue weighted by atomic mass is 9.79. The van der Waals surface area contributed by atoms with Crippen LogP contribution in [0.3, 0.4) is 0 Å². The van der Waals surface area contributed by atoms with E-state index < -0.39 is 65.8 Å². The first kappa shape index (κ1) is 44.7. The van der Waals surface area contributed by atoms with Crippen molar-refractivity contribution < 1.29 is 49.3 Å². The number of Topliss-reactive ketones (excluding diaryl/α,β-unsaturated/α-hetero) is 1. The molecule has 3 aliphatic heterocycles.